The monoisotopic (exact) mass is 140 g/mol. The van der Waals surface area contributed by atoms with Gasteiger partial charge in [0.2, 0.25) is 0 Å². The second-order valence-corrected chi connectivity index (χ2v) is 1.76. The standard InChI is InChI=1S/C5H4N2O3/c8-4-1-2-6-5(3-4)7(9)10/h1-2H,3H2. The summed E-state index contributed by atoms with van der Waals surface area (Å²) in [6.07, 6.45) is 2.17. The highest BCUT2D eigenvalue weighted by Crippen LogP contribution is 1.98. The van der Waals surface area contributed by atoms with Gasteiger partial charge in [-0.3, -0.25) is 4.79 Å². The SMILES string of the molecule is O=C1C=CN=C([N+](=O)[O-])C1. The summed E-state index contributed by atoms with van der Waals surface area (Å²) in [6, 6.07) is 0. The summed E-state index contributed by atoms with van der Waals surface area (Å²) in [4.78, 5) is 23.2. The van der Waals surface area contributed by atoms with Gasteiger partial charge in [0.25, 0.3) is 0 Å². The van der Waals surface area contributed by atoms with Crippen LogP contribution in [0, 0.1) is 10.1 Å². The third kappa shape index (κ3) is 1.25. The molecule has 0 aromatic rings. The normalized spacial score (nSPS) is 16.8. The number of ketones is 1. The number of aliphatic imine (C=N–C) groups is 1. The van der Waals surface area contributed by atoms with Gasteiger partial charge in [0, 0.05) is 6.08 Å². The van der Waals surface area contributed by atoms with Crippen LogP contribution < -0.4 is 0 Å². The average Bonchev–Trinajstić information content (AvgIpc) is 1.88. The predicted molar refractivity (Wildman–Crippen MR) is 33.2 cm³/mol. The minimum atomic E-state index is -0.651. The number of amidine groups is 1. The molecule has 0 aliphatic carbocycles. The lowest BCUT2D eigenvalue weighted by Crippen LogP contribution is -2.17. The molecule has 1 heterocycles. The summed E-state index contributed by atoms with van der Waals surface area (Å²) >= 11 is 0. The van der Waals surface area contributed by atoms with Gasteiger partial charge in [-0.2, -0.15) is 0 Å². The van der Waals surface area contributed by atoms with Crippen molar-refractivity contribution >= 4 is 11.6 Å². The number of nitro groups is 1. The van der Waals surface area contributed by atoms with E-state index in [1.54, 1.807) is 0 Å². The lowest BCUT2D eigenvalue weighted by atomic mass is 10.2. The van der Waals surface area contributed by atoms with Gasteiger partial charge in [-0.15, -0.1) is 0 Å². The number of carbonyl (C=O) groups excluding carboxylic acids is 1. The lowest BCUT2D eigenvalue weighted by Gasteiger charge is -1.96. The van der Waals surface area contributed by atoms with E-state index in [1.165, 1.54) is 6.08 Å². The van der Waals surface area contributed by atoms with Crippen molar-refractivity contribution in [2.75, 3.05) is 0 Å². The molecule has 0 radical (unpaired) electrons. The molecule has 0 saturated carbocycles. The van der Waals surface area contributed by atoms with E-state index in [4.69, 9.17) is 0 Å². The molecule has 0 saturated heterocycles. The van der Waals surface area contributed by atoms with Gasteiger partial charge in [-0.05, 0) is 9.92 Å². The van der Waals surface area contributed by atoms with Gasteiger partial charge in [0.05, 0.1) is 0 Å². The van der Waals surface area contributed by atoms with Crippen LogP contribution in [0.3, 0.4) is 0 Å². The Kier molecular flexibility index (Phi) is 1.57. The fraction of sp³-hybridized carbons (Fsp3) is 0.200. The Balaban J connectivity index is 2.80. The molecule has 0 aromatic carbocycles. The molecular weight excluding hydrogens is 136 g/mol. The number of nitrogens with zero attached hydrogens (tertiary/aromatic N) is 2. The van der Waals surface area contributed by atoms with Crippen molar-refractivity contribution in [1.29, 1.82) is 0 Å². The van der Waals surface area contributed by atoms with Crippen molar-refractivity contribution in [3.63, 3.8) is 0 Å². The van der Waals surface area contributed by atoms with Gasteiger partial charge in [0.1, 0.15) is 12.6 Å². The molecule has 0 unspecified atom stereocenters. The molecule has 1 aliphatic heterocycles. The maximum absolute atomic E-state index is 10.5. The summed E-state index contributed by atoms with van der Waals surface area (Å²) < 4.78 is 0. The Morgan fingerprint density at radius 1 is 1.70 bits per heavy atom. The highest BCUT2D eigenvalue weighted by atomic mass is 16.6. The summed E-state index contributed by atoms with van der Waals surface area (Å²) in [5, 5.41) is 9.99. The Morgan fingerprint density at radius 2 is 2.40 bits per heavy atom. The molecule has 5 nitrogen and oxygen atoms in total. The summed E-state index contributed by atoms with van der Waals surface area (Å²) in [5.74, 6) is -0.561. The van der Waals surface area contributed by atoms with Gasteiger partial charge in [-0.25, -0.2) is 0 Å². The van der Waals surface area contributed by atoms with Crippen molar-refractivity contribution in [3.8, 4) is 0 Å². The van der Waals surface area contributed by atoms with E-state index in [1.807, 2.05) is 0 Å². The Bertz CT molecular complexity index is 241. The van der Waals surface area contributed by atoms with Crippen LogP contribution in [0.5, 0.6) is 0 Å². The topological polar surface area (TPSA) is 72.6 Å². The van der Waals surface area contributed by atoms with E-state index in [-0.39, 0.29) is 18.0 Å². The van der Waals surface area contributed by atoms with Crippen LogP contribution in [-0.4, -0.2) is 16.5 Å². The smallest absolute Gasteiger partial charge is 0.346 e. The van der Waals surface area contributed by atoms with Crippen LogP contribution in [0.15, 0.2) is 17.3 Å². The molecule has 0 bridgehead atoms. The molecule has 0 amide bonds. The highest BCUT2D eigenvalue weighted by molar-refractivity contribution is 6.05. The average molecular weight is 140 g/mol. The van der Waals surface area contributed by atoms with E-state index in [0.29, 0.717) is 0 Å². The van der Waals surface area contributed by atoms with Gasteiger partial charge in [-0.1, -0.05) is 0 Å². The lowest BCUT2D eigenvalue weighted by molar-refractivity contribution is -0.352. The molecule has 0 aromatic heterocycles. The first-order valence-corrected chi connectivity index (χ1v) is 2.60. The minimum absolute atomic E-state index is 0.191. The van der Waals surface area contributed by atoms with Gasteiger partial charge in [0.15, 0.2) is 5.78 Å². The van der Waals surface area contributed by atoms with Crippen molar-refractivity contribution in [2.45, 2.75) is 6.42 Å². The van der Waals surface area contributed by atoms with Crippen LogP contribution in [0.1, 0.15) is 6.42 Å². The van der Waals surface area contributed by atoms with E-state index < -0.39 is 4.92 Å². The summed E-state index contributed by atoms with van der Waals surface area (Å²) in [5.41, 5.74) is 0. The van der Waals surface area contributed by atoms with Crippen molar-refractivity contribution in [3.05, 3.63) is 22.4 Å². The van der Waals surface area contributed by atoms with Crippen LogP contribution in [0.4, 0.5) is 0 Å². The third-order valence-electron chi connectivity index (χ3n) is 1.03. The van der Waals surface area contributed by atoms with Crippen LogP contribution in [0.25, 0.3) is 0 Å². The largest absolute Gasteiger partial charge is 0.358 e. The van der Waals surface area contributed by atoms with Crippen LogP contribution >= 0.6 is 0 Å². The first kappa shape index (κ1) is 6.60. The van der Waals surface area contributed by atoms with Crippen molar-refractivity contribution in [2.24, 2.45) is 4.99 Å². The highest BCUT2D eigenvalue weighted by Gasteiger charge is 2.18. The maximum atomic E-state index is 10.5. The molecule has 0 N–H and O–H groups in total. The predicted octanol–water partition coefficient (Wildman–Crippen LogP) is 0.148. The van der Waals surface area contributed by atoms with E-state index in [2.05, 4.69) is 4.99 Å². The van der Waals surface area contributed by atoms with Gasteiger partial charge >= 0.3 is 5.84 Å². The molecular formula is C5H4N2O3. The molecule has 1 rings (SSSR count). The van der Waals surface area contributed by atoms with E-state index in [9.17, 15) is 14.9 Å². The molecule has 0 spiro atoms. The molecule has 52 valence electrons. The first-order valence-electron chi connectivity index (χ1n) is 2.60. The number of hydrogen-bond donors (Lipinski definition) is 0. The number of allylic oxidation sites excluding steroid dienone is 1. The fourth-order valence-corrected chi connectivity index (χ4v) is 0.579. The second-order valence-electron chi connectivity index (χ2n) is 1.76. The zero-order valence-electron chi connectivity index (χ0n) is 4.98. The summed E-state index contributed by atoms with van der Waals surface area (Å²) in [6.45, 7) is 0. The third-order valence-corrected chi connectivity index (χ3v) is 1.03. The fourth-order valence-electron chi connectivity index (χ4n) is 0.579. The number of hydrogen-bond acceptors (Lipinski definition) is 4. The van der Waals surface area contributed by atoms with E-state index in [0.717, 1.165) is 6.20 Å². The molecule has 10 heavy (non-hydrogen) atoms. The van der Waals surface area contributed by atoms with Crippen LogP contribution in [-0.2, 0) is 4.79 Å². The van der Waals surface area contributed by atoms with E-state index >= 15 is 0 Å². The second kappa shape index (κ2) is 2.38. The minimum Gasteiger partial charge on any atom is -0.358 e. The number of rotatable bonds is 0. The maximum Gasteiger partial charge on any atom is 0.346 e. The molecule has 5 heteroatoms. The quantitative estimate of drug-likeness (QED) is 0.355. The van der Waals surface area contributed by atoms with Crippen molar-refractivity contribution < 1.29 is 9.72 Å². The van der Waals surface area contributed by atoms with Crippen molar-refractivity contribution in [1.82, 2.24) is 0 Å². The van der Waals surface area contributed by atoms with Gasteiger partial charge < -0.3 is 10.1 Å². The Labute approximate surface area is 56.2 Å². The zero-order chi connectivity index (χ0) is 7.56. The Morgan fingerprint density at radius 3 is 2.80 bits per heavy atom. The van der Waals surface area contributed by atoms with Crippen LogP contribution in [0.2, 0.25) is 0 Å². The number of carbonyl (C=O) groups is 1. The summed E-state index contributed by atoms with van der Waals surface area (Å²) in [7, 11) is 0. The molecule has 0 atom stereocenters. The Hall–Kier alpha value is -1.52. The first-order chi connectivity index (χ1) is 4.70. The zero-order valence-corrected chi connectivity index (χ0v) is 4.98. The molecule has 0 fully saturated rings. The molecule has 1 aliphatic rings.